The van der Waals surface area contributed by atoms with E-state index in [9.17, 15) is 4.79 Å². The lowest BCUT2D eigenvalue weighted by Gasteiger charge is -2.30. The van der Waals surface area contributed by atoms with Crippen LogP contribution in [0.3, 0.4) is 0 Å². The fraction of sp³-hybridized carbons (Fsp3) is 0.462. The molecule has 1 heterocycles. The van der Waals surface area contributed by atoms with Crippen molar-refractivity contribution >= 4 is 37.8 Å². The van der Waals surface area contributed by atoms with Crippen molar-refractivity contribution in [3.8, 4) is 5.75 Å². The van der Waals surface area contributed by atoms with Crippen molar-refractivity contribution in [3.05, 3.63) is 27.1 Å². The Morgan fingerprint density at radius 2 is 2.10 bits per heavy atom. The lowest BCUT2D eigenvalue weighted by atomic mass is 10.3. The molecule has 0 unspecified atom stereocenters. The molecule has 1 amide bonds. The zero-order chi connectivity index (χ0) is 14.5. The molecule has 2 rings (SSSR count). The number of carbonyl (C=O) groups is 1. The summed E-state index contributed by atoms with van der Waals surface area (Å²) in [6.45, 7) is 3.84. The first-order chi connectivity index (χ1) is 9.54. The quantitative estimate of drug-likeness (QED) is 0.761. The molecule has 110 valence electrons. The normalized spacial score (nSPS) is 16.9. The van der Waals surface area contributed by atoms with E-state index in [1.165, 1.54) is 4.90 Å². The second-order valence-electron chi connectivity index (χ2n) is 4.84. The molecular formula is C13H18Br2N3O2+. The third-order valence-electron chi connectivity index (χ3n) is 3.15. The third kappa shape index (κ3) is 4.73. The molecule has 5 nitrogen and oxygen atoms in total. The Morgan fingerprint density at radius 1 is 1.40 bits per heavy atom. The highest BCUT2D eigenvalue weighted by atomic mass is 79.9. The molecule has 20 heavy (non-hydrogen) atoms. The summed E-state index contributed by atoms with van der Waals surface area (Å²) in [4.78, 5) is 13.3. The first kappa shape index (κ1) is 15.8. The maximum atomic E-state index is 11.8. The lowest BCUT2D eigenvalue weighted by molar-refractivity contribution is -0.884. The minimum Gasteiger partial charge on any atom is -0.483 e. The van der Waals surface area contributed by atoms with E-state index in [1.54, 1.807) is 0 Å². The number of hydrogen-bond acceptors (Lipinski definition) is 3. The molecule has 2 N–H and O–H groups in total. The lowest BCUT2D eigenvalue weighted by Crippen LogP contribution is -3.12. The van der Waals surface area contributed by atoms with Crippen LogP contribution in [-0.4, -0.2) is 50.7 Å². The van der Waals surface area contributed by atoms with E-state index in [4.69, 9.17) is 4.74 Å². The van der Waals surface area contributed by atoms with Gasteiger partial charge in [0.05, 0.1) is 37.7 Å². The Bertz CT molecular complexity index is 477. The second kappa shape index (κ2) is 7.40. The third-order valence-corrected chi connectivity index (χ3v) is 4.27. The number of hydrazine groups is 1. The molecule has 0 saturated carbocycles. The number of quaternary nitrogens is 1. The van der Waals surface area contributed by atoms with Crippen molar-refractivity contribution < 1.29 is 14.4 Å². The van der Waals surface area contributed by atoms with Gasteiger partial charge < -0.3 is 9.64 Å². The number of nitrogens with one attached hydrogen (secondary N) is 2. The van der Waals surface area contributed by atoms with Gasteiger partial charge in [0.1, 0.15) is 5.75 Å². The van der Waals surface area contributed by atoms with E-state index in [1.807, 2.05) is 23.2 Å². The average molecular weight is 408 g/mol. The highest BCUT2D eigenvalue weighted by Crippen LogP contribution is 2.27. The molecular weight excluding hydrogens is 390 g/mol. The predicted octanol–water partition coefficient (Wildman–Crippen LogP) is 0.452. The molecule has 0 radical (unpaired) electrons. The Labute approximate surface area is 135 Å². The van der Waals surface area contributed by atoms with Gasteiger partial charge in [-0.05, 0) is 34.1 Å². The summed E-state index contributed by atoms with van der Waals surface area (Å²) in [6.07, 6.45) is 0. The minimum atomic E-state index is -0.126. The SMILES string of the molecule is C[NH+]1CCN(NC(=O)COc2ccc(Br)cc2Br)CC1. The summed E-state index contributed by atoms with van der Waals surface area (Å²) < 4.78 is 7.29. The van der Waals surface area contributed by atoms with Gasteiger partial charge in [0.15, 0.2) is 6.61 Å². The number of hydrogen-bond donors (Lipinski definition) is 2. The monoisotopic (exact) mass is 406 g/mol. The number of likely N-dealkylation sites (N-methyl/N-ethyl adjacent to an activating group) is 1. The zero-order valence-electron chi connectivity index (χ0n) is 11.3. The van der Waals surface area contributed by atoms with E-state index in [-0.39, 0.29) is 12.5 Å². The van der Waals surface area contributed by atoms with Gasteiger partial charge in [0.25, 0.3) is 5.91 Å². The number of nitrogens with zero attached hydrogens (tertiary/aromatic N) is 1. The van der Waals surface area contributed by atoms with E-state index in [0.29, 0.717) is 5.75 Å². The molecule has 0 aromatic heterocycles. The summed E-state index contributed by atoms with van der Waals surface area (Å²) in [5.41, 5.74) is 2.87. The molecule has 1 aromatic carbocycles. The molecule has 0 atom stereocenters. The summed E-state index contributed by atoms with van der Waals surface area (Å²) in [5.74, 6) is 0.533. The molecule has 1 saturated heterocycles. The average Bonchev–Trinajstić information content (AvgIpc) is 2.40. The van der Waals surface area contributed by atoms with Gasteiger partial charge in [-0.15, -0.1) is 0 Å². The maximum absolute atomic E-state index is 11.8. The van der Waals surface area contributed by atoms with Crippen LogP contribution in [0.4, 0.5) is 0 Å². The highest BCUT2D eigenvalue weighted by molar-refractivity contribution is 9.11. The van der Waals surface area contributed by atoms with Gasteiger partial charge in [-0.1, -0.05) is 15.9 Å². The van der Waals surface area contributed by atoms with E-state index >= 15 is 0 Å². The smallest absolute Gasteiger partial charge is 0.272 e. The largest absolute Gasteiger partial charge is 0.483 e. The van der Waals surface area contributed by atoms with Gasteiger partial charge in [-0.25, -0.2) is 5.01 Å². The molecule has 0 bridgehead atoms. The van der Waals surface area contributed by atoms with Crippen LogP contribution in [0.25, 0.3) is 0 Å². The van der Waals surface area contributed by atoms with Crippen molar-refractivity contribution in [1.82, 2.24) is 10.4 Å². The topological polar surface area (TPSA) is 46.0 Å². The van der Waals surface area contributed by atoms with Gasteiger partial charge in [-0.3, -0.25) is 10.2 Å². The van der Waals surface area contributed by atoms with Crippen molar-refractivity contribution in [2.75, 3.05) is 39.8 Å². The molecule has 7 heteroatoms. The molecule has 1 aliphatic rings. The molecule has 1 aliphatic heterocycles. The standard InChI is InChI=1S/C13H17Br2N3O2/c1-17-4-6-18(7-5-17)16-13(19)9-20-12-3-2-10(14)8-11(12)15/h2-3,8H,4-7,9H2,1H3,(H,16,19)/p+1. The minimum absolute atomic E-state index is 0.0133. The first-order valence-corrected chi connectivity index (χ1v) is 8.07. The van der Waals surface area contributed by atoms with Crippen LogP contribution in [0.5, 0.6) is 5.75 Å². The molecule has 1 fully saturated rings. The number of amides is 1. The molecule has 1 aromatic rings. The van der Waals surface area contributed by atoms with Crippen LogP contribution in [0.1, 0.15) is 0 Å². The number of piperazine rings is 1. The Kier molecular flexibility index (Phi) is 5.83. The van der Waals surface area contributed by atoms with Crippen molar-refractivity contribution in [3.63, 3.8) is 0 Å². The highest BCUT2D eigenvalue weighted by Gasteiger charge is 2.18. The second-order valence-corrected chi connectivity index (χ2v) is 6.61. The number of ether oxygens (including phenoxy) is 1. The van der Waals surface area contributed by atoms with Crippen molar-refractivity contribution in [2.24, 2.45) is 0 Å². The van der Waals surface area contributed by atoms with Crippen molar-refractivity contribution in [1.29, 1.82) is 0 Å². The number of benzene rings is 1. The fourth-order valence-corrected chi connectivity index (χ4v) is 3.11. The zero-order valence-corrected chi connectivity index (χ0v) is 14.5. The Hall–Kier alpha value is -0.630. The van der Waals surface area contributed by atoms with E-state index in [2.05, 4.69) is 44.3 Å². The number of halogens is 2. The number of carbonyl (C=O) groups excluding carboxylic acids is 1. The van der Waals surface area contributed by atoms with Crippen LogP contribution in [-0.2, 0) is 4.79 Å². The van der Waals surface area contributed by atoms with Crippen LogP contribution in [0.2, 0.25) is 0 Å². The van der Waals surface area contributed by atoms with Gasteiger partial charge in [0, 0.05) is 4.47 Å². The van der Waals surface area contributed by atoms with Gasteiger partial charge >= 0.3 is 0 Å². The van der Waals surface area contributed by atoms with Gasteiger partial charge in [-0.2, -0.15) is 0 Å². The summed E-state index contributed by atoms with van der Waals surface area (Å²) in [7, 11) is 2.16. The Balaban J connectivity index is 1.77. The fourth-order valence-electron chi connectivity index (χ4n) is 1.94. The predicted molar refractivity (Wildman–Crippen MR) is 83.7 cm³/mol. The van der Waals surface area contributed by atoms with Crippen LogP contribution < -0.4 is 15.1 Å². The summed E-state index contributed by atoms with van der Waals surface area (Å²) >= 11 is 6.78. The van der Waals surface area contributed by atoms with E-state index < -0.39 is 0 Å². The van der Waals surface area contributed by atoms with Crippen molar-refractivity contribution in [2.45, 2.75) is 0 Å². The summed E-state index contributed by atoms with van der Waals surface area (Å²) in [6, 6.07) is 5.58. The van der Waals surface area contributed by atoms with Gasteiger partial charge in [0.2, 0.25) is 0 Å². The van der Waals surface area contributed by atoms with Crippen LogP contribution >= 0.6 is 31.9 Å². The maximum Gasteiger partial charge on any atom is 0.272 e. The summed E-state index contributed by atoms with van der Waals surface area (Å²) in [5, 5.41) is 1.95. The van der Waals surface area contributed by atoms with Crippen LogP contribution in [0.15, 0.2) is 27.1 Å². The van der Waals surface area contributed by atoms with Crippen LogP contribution in [0, 0.1) is 0 Å². The molecule has 0 spiro atoms. The first-order valence-electron chi connectivity index (χ1n) is 6.48. The molecule has 0 aliphatic carbocycles. The Morgan fingerprint density at radius 3 is 2.75 bits per heavy atom. The number of rotatable bonds is 4. The van der Waals surface area contributed by atoms with E-state index in [0.717, 1.165) is 35.1 Å².